The summed E-state index contributed by atoms with van der Waals surface area (Å²) < 4.78 is 4.85. The van der Waals surface area contributed by atoms with E-state index < -0.39 is 0 Å². The van der Waals surface area contributed by atoms with Crippen LogP contribution in [0, 0.1) is 0 Å². The molecule has 0 N–H and O–H groups in total. The largest absolute Gasteiger partial charge is 0.467 e. The van der Waals surface area contributed by atoms with Crippen LogP contribution >= 0.6 is 0 Å². The Balaban J connectivity index is 2.33. The third kappa shape index (κ3) is 2.37. The Morgan fingerprint density at radius 3 is 2.89 bits per heavy atom. The molecule has 18 heavy (non-hydrogen) atoms. The van der Waals surface area contributed by atoms with Crippen molar-refractivity contribution in [2.75, 3.05) is 18.6 Å². The lowest BCUT2D eigenvalue weighted by Gasteiger charge is -2.36. The van der Waals surface area contributed by atoms with E-state index in [0.717, 1.165) is 37.8 Å². The molecule has 0 bridgehead atoms. The first-order chi connectivity index (χ1) is 8.77. The molecule has 1 unspecified atom stereocenters. The first-order valence-electron chi connectivity index (χ1n) is 6.16. The third-order valence-corrected chi connectivity index (χ3v) is 3.35. The summed E-state index contributed by atoms with van der Waals surface area (Å²) in [6.07, 6.45) is 3.65. The maximum absolute atomic E-state index is 11.8. The van der Waals surface area contributed by atoms with Crippen LogP contribution in [0.15, 0.2) is 24.3 Å². The first-order valence-corrected chi connectivity index (χ1v) is 6.16. The number of carbonyl (C=O) groups is 2. The van der Waals surface area contributed by atoms with Crippen molar-refractivity contribution in [1.82, 2.24) is 0 Å². The molecule has 4 heteroatoms. The molecule has 1 atom stereocenters. The normalized spacial score (nSPS) is 19.4. The van der Waals surface area contributed by atoms with Gasteiger partial charge in [0.05, 0.1) is 7.11 Å². The summed E-state index contributed by atoms with van der Waals surface area (Å²) in [6.45, 7) is 0.782. The molecule has 0 saturated carbocycles. The van der Waals surface area contributed by atoms with Gasteiger partial charge in [-0.05, 0) is 31.4 Å². The second-order valence-electron chi connectivity index (χ2n) is 4.40. The predicted octanol–water partition coefficient (Wildman–Crippen LogP) is 2.03. The fourth-order valence-electron chi connectivity index (χ4n) is 2.45. The number of carbonyl (C=O) groups excluding carboxylic acids is 2. The van der Waals surface area contributed by atoms with Crippen molar-refractivity contribution >= 4 is 17.9 Å². The Hall–Kier alpha value is -1.84. The zero-order chi connectivity index (χ0) is 13.0. The fourth-order valence-corrected chi connectivity index (χ4v) is 2.45. The first kappa shape index (κ1) is 12.6. The van der Waals surface area contributed by atoms with Crippen LogP contribution in [0.4, 0.5) is 5.69 Å². The molecule has 96 valence electrons. The predicted molar refractivity (Wildman–Crippen MR) is 68.8 cm³/mol. The maximum Gasteiger partial charge on any atom is 0.328 e. The van der Waals surface area contributed by atoms with E-state index in [1.54, 1.807) is 6.07 Å². The number of hydrogen-bond acceptors (Lipinski definition) is 4. The van der Waals surface area contributed by atoms with Gasteiger partial charge in [0.1, 0.15) is 6.04 Å². The van der Waals surface area contributed by atoms with Crippen LogP contribution in [0.5, 0.6) is 0 Å². The summed E-state index contributed by atoms with van der Waals surface area (Å²) in [7, 11) is 1.40. The van der Waals surface area contributed by atoms with Crippen molar-refractivity contribution in [1.29, 1.82) is 0 Å². The number of esters is 1. The molecule has 1 aliphatic heterocycles. The van der Waals surface area contributed by atoms with E-state index in [1.165, 1.54) is 7.11 Å². The Morgan fingerprint density at radius 2 is 2.17 bits per heavy atom. The highest BCUT2D eigenvalue weighted by atomic mass is 16.5. The molecule has 1 heterocycles. The van der Waals surface area contributed by atoms with Crippen LogP contribution in [-0.2, 0) is 9.53 Å². The highest BCUT2D eigenvalue weighted by Crippen LogP contribution is 2.27. The molecule has 0 aromatic heterocycles. The van der Waals surface area contributed by atoms with Gasteiger partial charge in [-0.15, -0.1) is 0 Å². The Morgan fingerprint density at radius 1 is 1.39 bits per heavy atom. The number of ether oxygens (including phenoxy) is 1. The van der Waals surface area contributed by atoms with Gasteiger partial charge in [0.25, 0.3) is 0 Å². The molecule has 2 rings (SSSR count). The number of hydrogen-bond donors (Lipinski definition) is 0. The third-order valence-electron chi connectivity index (χ3n) is 3.35. The Kier molecular flexibility index (Phi) is 3.97. The van der Waals surface area contributed by atoms with Gasteiger partial charge in [-0.1, -0.05) is 12.1 Å². The van der Waals surface area contributed by atoms with Gasteiger partial charge in [0, 0.05) is 17.8 Å². The second kappa shape index (κ2) is 5.67. The van der Waals surface area contributed by atoms with E-state index in [-0.39, 0.29) is 12.0 Å². The van der Waals surface area contributed by atoms with E-state index in [2.05, 4.69) is 0 Å². The SMILES string of the molecule is COC(=O)C1CCCCN1c1ccccc1C=O. The van der Waals surface area contributed by atoms with Crippen molar-refractivity contribution in [3.63, 3.8) is 0 Å². The van der Waals surface area contributed by atoms with Gasteiger partial charge in [-0.3, -0.25) is 4.79 Å². The van der Waals surface area contributed by atoms with Gasteiger partial charge in [0.2, 0.25) is 0 Å². The Labute approximate surface area is 107 Å². The summed E-state index contributed by atoms with van der Waals surface area (Å²) >= 11 is 0. The van der Waals surface area contributed by atoms with Gasteiger partial charge >= 0.3 is 5.97 Å². The molecule has 1 fully saturated rings. The van der Waals surface area contributed by atoms with E-state index >= 15 is 0 Å². The molecule has 0 radical (unpaired) electrons. The number of nitrogens with zero attached hydrogens (tertiary/aromatic N) is 1. The topological polar surface area (TPSA) is 46.6 Å². The van der Waals surface area contributed by atoms with E-state index in [0.29, 0.717) is 5.56 Å². The number of anilines is 1. The number of para-hydroxylation sites is 1. The van der Waals surface area contributed by atoms with Crippen LogP contribution in [-0.4, -0.2) is 32.0 Å². The summed E-state index contributed by atoms with van der Waals surface area (Å²) in [5.74, 6) is -0.226. The minimum Gasteiger partial charge on any atom is -0.467 e. The molecule has 4 nitrogen and oxygen atoms in total. The highest BCUT2D eigenvalue weighted by Gasteiger charge is 2.30. The van der Waals surface area contributed by atoms with E-state index in [1.807, 2.05) is 23.1 Å². The monoisotopic (exact) mass is 247 g/mol. The zero-order valence-electron chi connectivity index (χ0n) is 10.5. The highest BCUT2D eigenvalue weighted by molar-refractivity contribution is 5.88. The number of piperidine rings is 1. The van der Waals surface area contributed by atoms with Crippen LogP contribution in [0.25, 0.3) is 0 Å². The van der Waals surface area contributed by atoms with Crippen LogP contribution < -0.4 is 4.90 Å². The van der Waals surface area contributed by atoms with E-state index in [9.17, 15) is 9.59 Å². The van der Waals surface area contributed by atoms with Crippen LogP contribution in [0.1, 0.15) is 29.6 Å². The van der Waals surface area contributed by atoms with Crippen molar-refractivity contribution in [2.24, 2.45) is 0 Å². The van der Waals surface area contributed by atoms with Gasteiger partial charge in [-0.2, -0.15) is 0 Å². The van der Waals surface area contributed by atoms with Crippen LogP contribution in [0.2, 0.25) is 0 Å². The zero-order valence-corrected chi connectivity index (χ0v) is 10.5. The number of aldehydes is 1. The number of benzene rings is 1. The minimum atomic E-state index is -0.273. The number of rotatable bonds is 3. The average Bonchev–Trinajstić information content (AvgIpc) is 2.46. The molecular weight excluding hydrogens is 230 g/mol. The molecule has 0 aliphatic carbocycles. The summed E-state index contributed by atoms with van der Waals surface area (Å²) in [5, 5.41) is 0. The standard InChI is InChI=1S/C14H17NO3/c1-18-14(17)13-8-4-5-9-15(13)12-7-3-2-6-11(12)10-16/h2-3,6-7,10,13H,4-5,8-9H2,1H3. The summed E-state index contributed by atoms with van der Waals surface area (Å²) in [4.78, 5) is 24.9. The van der Waals surface area contributed by atoms with Gasteiger partial charge < -0.3 is 9.64 Å². The minimum absolute atomic E-state index is 0.226. The van der Waals surface area contributed by atoms with E-state index in [4.69, 9.17) is 4.74 Å². The van der Waals surface area contributed by atoms with Crippen LogP contribution in [0.3, 0.4) is 0 Å². The molecule has 1 aromatic carbocycles. The lowest BCUT2D eigenvalue weighted by Crippen LogP contribution is -2.45. The molecule has 0 spiro atoms. The second-order valence-corrected chi connectivity index (χ2v) is 4.40. The van der Waals surface area contributed by atoms with Gasteiger partial charge in [-0.25, -0.2) is 4.79 Å². The molecule has 1 aromatic rings. The molecule has 1 saturated heterocycles. The van der Waals surface area contributed by atoms with Crippen molar-refractivity contribution in [3.8, 4) is 0 Å². The molecular formula is C14H17NO3. The maximum atomic E-state index is 11.8. The van der Waals surface area contributed by atoms with Crippen molar-refractivity contribution in [2.45, 2.75) is 25.3 Å². The average molecular weight is 247 g/mol. The molecule has 1 aliphatic rings. The van der Waals surface area contributed by atoms with Gasteiger partial charge in [0.15, 0.2) is 6.29 Å². The lowest BCUT2D eigenvalue weighted by molar-refractivity contribution is -0.142. The Bertz CT molecular complexity index is 444. The summed E-state index contributed by atoms with van der Waals surface area (Å²) in [6, 6.07) is 7.08. The fraction of sp³-hybridized carbons (Fsp3) is 0.429. The smallest absolute Gasteiger partial charge is 0.328 e. The quantitative estimate of drug-likeness (QED) is 0.605. The lowest BCUT2D eigenvalue weighted by atomic mass is 10.00. The van der Waals surface area contributed by atoms with Crippen molar-refractivity contribution in [3.05, 3.63) is 29.8 Å². The van der Waals surface area contributed by atoms with Crippen molar-refractivity contribution < 1.29 is 14.3 Å². The summed E-state index contributed by atoms with van der Waals surface area (Å²) in [5.41, 5.74) is 1.44. The molecule has 0 amide bonds. The number of methoxy groups -OCH3 is 1.